The molecule has 0 fully saturated rings. The van der Waals surface area contributed by atoms with E-state index in [1.54, 1.807) is 25.1 Å². The van der Waals surface area contributed by atoms with E-state index in [2.05, 4.69) is 5.32 Å². The van der Waals surface area contributed by atoms with Gasteiger partial charge >= 0.3 is 6.03 Å². The number of primary amides is 1. The highest BCUT2D eigenvalue weighted by molar-refractivity contribution is 6.35. The number of halogens is 2. The summed E-state index contributed by atoms with van der Waals surface area (Å²) in [5.74, 6) is -0.534. The van der Waals surface area contributed by atoms with Crippen molar-refractivity contribution in [2.24, 2.45) is 5.73 Å². The summed E-state index contributed by atoms with van der Waals surface area (Å²) in [7, 11) is 0. The van der Waals surface area contributed by atoms with Gasteiger partial charge in [-0.25, -0.2) is 4.79 Å². The Balaban J connectivity index is 2.70. The standard InChI is InChI=1S/C10H11Cl2N3O2/c1-5(9(16)15-10(13)17)14-8-3-6(11)2-7(12)4-8/h2-5,14H,1H3,(H3,13,15,16,17). The predicted octanol–water partition coefficient (Wildman–Crippen LogP) is 1.99. The van der Waals surface area contributed by atoms with Gasteiger partial charge in [0.05, 0.1) is 0 Å². The number of nitrogens with one attached hydrogen (secondary N) is 2. The number of amides is 3. The topological polar surface area (TPSA) is 84.2 Å². The molecule has 17 heavy (non-hydrogen) atoms. The Morgan fingerprint density at radius 3 is 2.24 bits per heavy atom. The number of carbonyl (C=O) groups is 2. The fraction of sp³-hybridized carbons (Fsp3) is 0.200. The molecule has 0 aliphatic heterocycles. The molecule has 0 spiro atoms. The van der Waals surface area contributed by atoms with Crippen LogP contribution in [0.3, 0.4) is 0 Å². The van der Waals surface area contributed by atoms with Gasteiger partial charge in [0, 0.05) is 15.7 Å². The Labute approximate surface area is 108 Å². The first-order valence-electron chi connectivity index (χ1n) is 4.71. The smallest absolute Gasteiger partial charge is 0.318 e. The van der Waals surface area contributed by atoms with Crippen LogP contribution in [0.1, 0.15) is 6.92 Å². The molecule has 0 aliphatic carbocycles. The number of urea groups is 1. The number of hydrogen-bond donors (Lipinski definition) is 3. The third kappa shape index (κ3) is 4.50. The van der Waals surface area contributed by atoms with Gasteiger partial charge in [0.1, 0.15) is 6.04 Å². The van der Waals surface area contributed by atoms with Gasteiger partial charge in [-0.05, 0) is 25.1 Å². The van der Waals surface area contributed by atoms with Crippen LogP contribution in [0.15, 0.2) is 18.2 Å². The molecule has 1 aromatic carbocycles. The van der Waals surface area contributed by atoms with Crippen LogP contribution < -0.4 is 16.4 Å². The Morgan fingerprint density at radius 2 is 1.76 bits per heavy atom. The average molecular weight is 276 g/mol. The van der Waals surface area contributed by atoms with Crippen molar-refractivity contribution in [1.82, 2.24) is 5.32 Å². The average Bonchev–Trinajstić information content (AvgIpc) is 2.14. The Kier molecular flexibility index (Phi) is 4.60. The van der Waals surface area contributed by atoms with E-state index >= 15 is 0 Å². The van der Waals surface area contributed by atoms with Gasteiger partial charge in [-0.3, -0.25) is 10.1 Å². The number of anilines is 1. The van der Waals surface area contributed by atoms with E-state index in [-0.39, 0.29) is 0 Å². The molecule has 3 amide bonds. The Bertz CT molecular complexity index is 431. The molecule has 5 nitrogen and oxygen atoms in total. The molecule has 0 heterocycles. The quantitative estimate of drug-likeness (QED) is 0.789. The molecule has 0 bridgehead atoms. The summed E-state index contributed by atoms with van der Waals surface area (Å²) >= 11 is 11.6. The SMILES string of the molecule is CC(Nc1cc(Cl)cc(Cl)c1)C(=O)NC(N)=O. The van der Waals surface area contributed by atoms with E-state index in [0.29, 0.717) is 15.7 Å². The van der Waals surface area contributed by atoms with Crippen LogP contribution in [0.5, 0.6) is 0 Å². The van der Waals surface area contributed by atoms with Gasteiger partial charge in [0.25, 0.3) is 0 Å². The third-order valence-electron chi connectivity index (χ3n) is 1.89. The maximum atomic E-state index is 11.4. The Hall–Kier alpha value is -1.46. The first kappa shape index (κ1) is 13.6. The number of hydrogen-bond acceptors (Lipinski definition) is 3. The first-order valence-corrected chi connectivity index (χ1v) is 5.47. The molecule has 92 valence electrons. The number of carbonyl (C=O) groups excluding carboxylic acids is 2. The lowest BCUT2D eigenvalue weighted by Crippen LogP contribution is -2.43. The van der Waals surface area contributed by atoms with Crippen LogP contribution in [0, 0.1) is 0 Å². The molecule has 0 aliphatic rings. The second-order valence-corrected chi connectivity index (χ2v) is 4.25. The molecule has 0 saturated heterocycles. The maximum Gasteiger partial charge on any atom is 0.318 e. The van der Waals surface area contributed by atoms with Gasteiger partial charge in [-0.1, -0.05) is 23.2 Å². The summed E-state index contributed by atoms with van der Waals surface area (Å²) in [6.07, 6.45) is 0. The Morgan fingerprint density at radius 1 is 1.24 bits per heavy atom. The zero-order valence-corrected chi connectivity index (χ0v) is 10.5. The minimum absolute atomic E-state index is 0.447. The van der Waals surface area contributed by atoms with Crippen molar-refractivity contribution >= 4 is 40.8 Å². The van der Waals surface area contributed by atoms with Gasteiger partial charge in [-0.2, -0.15) is 0 Å². The monoisotopic (exact) mass is 275 g/mol. The van der Waals surface area contributed by atoms with Crippen LogP contribution in [-0.2, 0) is 4.79 Å². The second kappa shape index (κ2) is 5.75. The van der Waals surface area contributed by atoms with Crippen LogP contribution in [0.2, 0.25) is 10.0 Å². The molecule has 1 unspecified atom stereocenters. The fourth-order valence-corrected chi connectivity index (χ4v) is 1.71. The second-order valence-electron chi connectivity index (χ2n) is 3.38. The molecule has 0 aromatic heterocycles. The summed E-state index contributed by atoms with van der Waals surface area (Å²) < 4.78 is 0. The minimum Gasteiger partial charge on any atom is -0.374 e. The van der Waals surface area contributed by atoms with Crippen molar-refractivity contribution in [3.05, 3.63) is 28.2 Å². The number of nitrogens with two attached hydrogens (primary N) is 1. The van der Waals surface area contributed by atoms with Crippen molar-refractivity contribution in [3.8, 4) is 0 Å². The molecule has 1 rings (SSSR count). The van der Waals surface area contributed by atoms with E-state index in [0.717, 1.165) is 0 Å². The highest BCUT2D eigenvalue weighted by Crippen LogP contribution is 2.22. The van der Waals surface area contributed by atoms with Crippen molar-refractivity contribution in [3.63, 3.8) is 0 Å². The van der Waals surface area contributed by atoms with Gasteiger partial charge in [0.15, 0.2) is 0 Å². The summed E-state index contributed by atoms with van der Waals surface area (Å²) in [6.45, 7) is 1.58. The van der Waals surface area contributed by atoms with Crippen molar-refractivity contribution in [2.45, 2.75) is 13.0 Å². The summed E-state index contributed by atoms with van der Waals surface area (Å²) in [5.41, 5.74) is 5.41. The molecule has 7 heteroatoms. The summed E-state index contributed by atoms with van der Waals surface area (Å²) in [6, 6.07) is 3.26. The van der Waals surface area contributed by atoms with Crippen molar-refractivity contribution in [2.75, 3.05) is 5.32 Å². The van der Waals surface area contributed by atoms with Crippen molar-refractivity contribution in [1.29, 1.82) is 0 Å². The molecule has 4 N–H and O–H groups in total. The number of benzene rings is 1. The van der Waals surface area contributed by atoms with E-state index in [4.69, 9.17) is 28.9 Å². The first-order chi connectivity index (χ1) is 7.88. The van der Waals surface area contributed by atoms with Crippen LogP contribution >= 0.6 is 23.2 Å². The van der Waals surface area contributed by atoms with Crippen LogP contribution in [-0.4, -0.2) is 18.0 Å². The summed E-state index contributed by atoms with van der Waals surface area (Å²) in [4.78, 5) is 21.9. The lowest BCUT2D eigenvalue weighted by atomic mass is 10.2. The maximum absolute atomic E-state index is 11.4. The van der Waals surface area contributed by atoms with Gasteiger partial charge < -0.3 is 11.1 Å². The lowest BCUT2D eigenvalue weighted by molar-refractivity contribution is -0.120. The molecule has 0 saturated carbocycles. The normalized spacial score (nSPS) is 11.7. The van der Waals surface area contributed by atoms with Gasteiger partial charge in [0.2, 0.25) is 5.91 Å². The number of imide groups is 1. The highest BCUT2D eigenvalue weighted by Gasteiger charge is 2.14. The zero-order valence-electron chi connectivity index (χ0n) is 8.96. The van der Waals surface area contributed by atoms with Crippen LogP contribution in [0.25, 0.3) is 0 Å². The van der Waals surface area contributed by atoms with Gasteiger partial charge in [-0.15, -0.1) is 0 Å². The number of rotatable bonds is 3. The molecular weight excluding hydrogens is 265 g/mol. The molecule has 0 radical (unpaired) electrons. The summed E-state index contributed by atoms with van der Waals surface area (Å²) in [5, 5.41) is 5.70. The fourth-order valence-electron chi connectivity index (χ4n) is 1.18. The van der Waals surface area contributed by atoms with E-state index < -0.39 is 18.0 Å². The molecular formula is C10H11Cl2N3O2. The molecule has 1 atom stereocenters. The van der Waals surface area contributed by atoms with E-state index in [9.17, 15) is 9.59 Å². The van der Waals surface area contributed by atoms with E-state index in [1.807, 2.05) is 5.32 Å². The lowest BCUT2D eigenvalue weighted by Gasteiger charge is -2.14. The largest absolute Gasteiger partial charge is 0.374 e. The predicted molar refractivity (Wildman–Crippen MR) is 67.3 cm³/mol. The van der Waals surface area contributed by atoms with Crippen LogP contribution in [0.4, 0.5) is 10.5 Å². The highest BCUT2D eigenvalue weighted by atomic mass is 35.5. The van der Waals surface area contributed by atoms with Crippen molar-refractivity contribution < 1.29 is 9.59 Å². The van der Waals surface area contributed by atoms with E-state index in [1.165, 1.54) is 0 Å². The molecule has 1 aromatic rings. The zero-order chi connectivity index (χ0) is 13.0. The minimum atomic E-state index is -0.896. The third-order valence-corrected chi connectivity index (χ3v) is 2.32.